The van der Waals surface area contributed by atoms with Crippen LogP contribution in [0.15, 0.2) is 21.1 Å². The van der Waals surface area contributed by atoms with Crippen molar-refractivity contribution < 1.29 is 14.2 Å². The molecule has 0 aliphatic rings. The van der Waals surface area contributed by atoms with E-state index in [1.165, 1.54) is 0 Å². The van der Waals surface area contributed by atoms with Crippen molar-refractivity contribution >= 4 is 47.6 Å². The highest BCUT2D eigenvalue weighted by Gasteiger charge is 2.04. The topological polar surface area (TPSA) is 75.9 Å². The Morgan fingerprint density at radius 2 is 1.81 bits per heavy atom. The van der Waals surface area contributed by atoms with Gasteiger partial charge in [0.2, 0.25) is 0 Å². The Labute approximate surface area is 112 Å². The van der Waals surface area contributed by atoms with Crippen molar-refractivity contribution in [3.8, 4) is 0 Å². The molecule has 90 valence electrons. The fraction of sp³-hybridized carbons (Fsp3) is 0.333. The molecule has 4 nitrogen and oxygen atoms in total. The molecule has 0 heterocycles. The lowest BCUT2D eigenvalue weighted by Crippen LogP contribution is -2.52. The average Bonchev–Trinajstić information content (AvgIpc) is 2.11. The molecule has 1 aromatic carbocycles. The lowest BCUT2D eigenvalue weighted by molar-refractivity contribution is -0.360. The summed E-state index contributed by atoms with van der Waals surface area (Å²) in [4.78, 5) is 0. The standard InChI is InChI=1S/C9H11Br2N2O2S/c1-6-4-7(10)9(8(11)5-6)13-16(14,15)3-2-12/h4-5H,2-3,12H2,1H3/q-1/p+1. The van der Waals surface area contributed by atoms with Crippen molar-refractivity contribution in [3.63, 3.8) is 0 Å². The molecule has 0 spiro atoms. The van der Waals surface area contributed by atoms with Crippen molar-refractivity contribution in [1.29, 1.82) is 0 Å². The van der Waals surface area contributed by atoms with Crippen LogP contribution in [0.5, 0.6) is 0 Å². The smallest absolute Gasteiger partial charge is 0.0994 e. The Morgan fingerprint density at radius 3 is 2.25 bits per heavy atom. The maximum Gasteiger partial charge on any atom is 0.0994 e. The lowest BCUT2D eigenvalue weighted by atomic mass is 10.2. The van der Waals surface area contributed by atoms with Gasteiger partial charge < -0.3 is 10.5 Å². The summed E-state index contributed by atoms with van der Waals surface area (Å²) in [5.41, 5.74) is 4.93. The molecule has 0 aliphatic heterocycles. The number of sulfonamides is 1. The van der Waals surface area contributed by atoms with Gasteiger partial charge in [-0.1, -0.05) is 37.5 Å². The maximum absolute atomic E-state index is 11.5. The Hall–Kier alpha value is -0.110. The number of rotatable bonds is 4. The van der Waals surface area contributed by atoms with Crippen molar-refractivity contribution in [1.82, 2.24) is 0 Å². The molecule has 0 bridgehead atoms. The molecule has 0 atom stereocenters. The summed E-state index contributed by atoms with van der Waals surface area (Å²) in [6.07, 6.45) is 0. The minimum Gasteiger partial charge on any atom is -0.575 e. The molecule has 0 unspecified atom stereocenters. The zero-order valence-corrected chi connectivity index (χ0v) is 12.7. The summed E-state index contributed by atoms with van der Waals surface area (Å²) < 4.78 is 28.2. The highest BCUT2D eigenvalue weighted by atomic mass is 79.9. The van der Waals surface area contributed by atoms with Crippen LogP contribution >= 0.6 is 31.9 Å². The van der Waals surface area contributed by atoms with Gasteiger partial charge in [-0.3, -0.25) is 0 Å². The zero-order chi connectivity index (χ0) is 12.3. The third-order valence-electron chi connectivity index (χ3n) is 1.79. The van der Waals surface area contributed by atoms with E-state index in [9.17, 15) is 8.42 Å². The second-order valence-electron chi connectivity index (χ2n) is 3.31. The van der Waals surface area contributed by atoms with E-state index in [1.807, 2.05) is 19.1 Å². The fourth-order valence-corrected chi connectivity index (χ4v) is 3.90. The molecule has 0 amide bonds. The molecule has 7 heteroatoms. The minimum atomic E-state index is -3.44. The van der Waals surface area contributed by atoms with Gasteiger partial charge in [0, 0.05) is 8.95 Å². The van der Waals surface area contributed by atoms with Gasteiger partial charge in [-0.25, -0.2) is 8.42 Å². The highest BCUT2D eigenvalue weighted by Crippen LogP contribution is 2.39. The molecular weight excluding hydrogens is 360 g/mol. The van der Waals surface area contributed by atoms with Gasteiger partial charge in [0.1, 0.15) is 0 Å². The van der Waals surface area contributed by atoms with Gasteiger partial charge in [0.25, 0.3) is 0 Å². The summed E-state index contributed by atoms with van der Waals surface area (Å²) in [5.74, 6) is -0.0419. The van der Waals surface area contributed by atoms with Gasteiger partial charge in [0.15, 0.2) is 0 Å². The Kier molecular flexibility index (Phi) is 4.78. The van der Waals surface area contributed by atoms with Crippen LogP contribution in [0, 0.1) is 6.92 Å². The lowest BCUT2D eigenvalue weighted by Gasteiger charge is -2.24. The molecule has 0 radical (unpaired) electrons. The second-order valence-corrected chi connectivity index (χ2v) is 6.77. The molecule has 0 fully saturated rings. The number of nitrogens with zero attached hydrogens (tertiary/aromatic N) is 1. The van der Waals surface area contributed by atoms with E-state index in [-0.39, 0.29) is 5.75 Å². The predicted octanol–water partition coefficient (Wildman–Crippen LogP) is 2.10. The van der Waals surface area contributed by atoms with Crippen LogP contribution in [0.3, 0.4) is 0 Å². The third-order valence-corrected chi connectivity index (χ3v) is 4.27. The molecule has 0 aliphatic carbocycles. The maximum atomic E-state index is 11.5. The first-order valence-electron chi connectivity index (χ1n) is 4.56. The Balaban J connectivity index is 3.07. The number of hydrogen-bond donors (Lipinski definition) is 1. The molecule has 1 rings (SSSR count). The molecule has 16 heavy (non-hydrogen) atoms. The zero-order valence-electron chi connectivity index (χ0n) is 8.70. The number of quaternary nitrogens is 1. The fourth-order valence-electron chi connectivity index (χ4n) is 1.15. The summed E-state index contributed by atoms with van der Waals surface area (Å²) in [6.45, 7) is 2.23. The van der Waals surface area contributed by atoms with E-state index in [4.69, 9.17) is 0 Å². The Morgan fingerprint density at radius 1 is 1.31 bits per heavy atom. The van der Waals surface area contributed by atoms with E-state index < -0.39 is 10.0 Å². The van der Waals surface area contributed by atoms with E-state index in [0.29, 0.717) is 21.2 Å². The third kappa shape index (κ3) is 3.73. The molecule has 0 aromatic heterocycles. The first kappa shape index (κ1) is 14.0. The van der Waals surface area contributed by atoms with E-state index in [0.717, 1.165) is 5.56 Å². The number of aryl methyl sites for hydroxylation is 1. The van der Waals surface area contributed by atoms with Crippen LogP contribution in [-0.2, 0) is 10.0 Å². The van der Waals surface area contributed by atoms with E-state index in [2.05, 4.69) is 42.3 Å². The quantitative estimate of drug-likeness (QED) is 0.879. The van der Waals surface area contributed by atoms with Crippen LogP contribution in [0.1, 0.15) is 5.56 Å². The van der Waals surface area contributed by atoms with Crippen LogP contribution in [0.25, 0.3) is 4.72 Å². The molecular formula is C9H12Br2N2O2S. The molecule has 0 saturated carbocycles. The number of benzene rings is 1. The molecule has 0 saturated heterocycles. The van der Waals surface area contributed by atoms with Gasteiger partial charge in [-0.2, -0.15) is 0 Å². The van der Waals surface area contributed by atoms with Gasteiger partial charge in [-0.15, -0.1) is 0 Å². The first-order chi connectivity index (χ1) is 7.35. The average molecular weight is 372 g/mol. The van der Waals surface area contributed by atoms with Gasteiger partial charge in [-0.05, 0) is 24.6 Å². The van der Waals surface area contributed by atoms with Crippen LogP contribution in [-0.4, -0.2) is 20.7 Å². The van der Waals surface area contributed by atoms with Crippen molar-refractivity contribution in [2.24, 2.45) is 0 Å². The van der Waals surface area contributed by atoms with Gasteiger partial charge >= 0.3 is 0 Å². The van der Waals surface area contributed by atoms with Crippen molar-refractivity contribution in [2.75, 3.05) is 12.3 Å². The second kappa shape index (κ2) is 5.48. The summed E-state index contributed by atoms with van der Waals surface area (Å²) in [7, 11) is -3.44. The molecule has 1 aromatic rings. The van der Waals surface area contributed by atoms with Crippen molar-refractivity contribution in [2.45, 2.75) is 6.92 Å². The van der Waals surface area contributed by atoms with Gasteiger partial charge in [0.05, 0.1) is 22.3 Å². The van der Waals surface area contributed by atoms with E-state index >= 15 is 0 Å². The SMILES string of the molecule is Cc1cc(Br)c([N-]S(=O)(=O)CC[NH3+])c(Br)c1. The van der Waals surface area contributed by atoms with Crippen LogP contribution in [0.4, 0.5) is 5.69 Å². The molecule has 3 N–H and O–H groups in total. The number of halogens is 2. The van der Waals surface area contributed by atoms with E-state index in [1.54, 1.807) is 0 Å². The normalized spacial score (nSPS) is 11.5. The monoisotopic (exact) mass is 370 g/mol. The predicted molar refractivity (Wildman–Crippen MR) is 71.1 cm³/mol. The first-order valence-corrected chi connectivity index (χ1v) is 7.76. The Bertz CT molecular complexity index is 465. The summed E-state index contributed by atoms with van der Waals surface area (Å²) >= 11 is 6.60. The van der Waals surface area contributed by atoms with Crippen LogP contribution in [0.2, 0.25) is 0 Å². The summed E-state index contributed by atoms with van der Waals surface area (Å²) in [5, 5.41) is 0. The summed E-state index contributed by atoms with van der Waals surface area (Å²) in [6, 6.07) is 3.65. The minimum absolute atomic E-state index is 0.0419. The van der Waals surface area contributed by atoms with Crippen LogP contribution < -0.4 is 5.73 Å². The number of hydrogen-bond acceptors (Lipinski definition) is 2. The largest absolute Gasteiger partial charge is 0.575 e. The highest BCUT2D eigenvalue weighted by molar-refractivity contribution is 9.11. The van der Waals surface area contributed by atoms with Crippen molar-refractivity contribution in [3.05, 3.63) is 31.4 Å².